The Morgan fingerprint density at radius 1 is 1.19 bits per heavy atom. The van der Waals surface area contributed by atoms with Gasteiger partial charge in [0.2, 0.25) is 5.13 Å². The number of fused-ring (bicyclic) bond motifs is 1. The van der Waals surface area contributed by atoms with E-state index in [4.69, 9.17) is 0 Å². The molecule has 0 saturated carbocycles. The zero-order valence-electron chi connectivity index (χ0n) is 15.2. The molecule has 5 nitrogen and oxygen atoms in total. The summed E-state index contributed by atoms with van der Waals surface area (Å²) in [6.07, 6.45) is 2.62. The molecule has 136 valence electrons. The maximum atomic E-state index is 13.1. The van der Waals surface area contributed by atoms with Crippen LogP contribution in [0.5, 0.6) is 0 Å². The molecule has 1 atom stereocenters. The second-order valence-corrected chi connectivity index (χ2v) is 7.42. The average Bonchev–Trinajstić information content (AvgIpc) is 3.27. The normalized spacial score (nSPS) is 12.8. The van der Waals surface area contributed by atoms with Crippen LogP contribution in [0.15, 0.2) is 64.4 Å². The van der Waals surface area contributed by atoms with Crippen molar-refractivity contribution in [2.45, 2.75) is 26.3 Å². The van der Waals surface area contributed by atoms with Crippen LogP contribution in [-0.2, 0) is 0 Å². The second kappa shape index (κ2) is 7.32. The Morgan fingerprint density at radius 3 is 2.67 bits per heavy atom. The predicted molar refractivity (Wildman–Crippen MR) is 112 cm³/mol. The zero-order valence-corrected chi connectivity index (χ0v) is 16.0. The van der Waals surface area contributed by atoms with Gasteiger partial charge in [0.15, 0.2) is 0 Å². The van der Waals surface area contributed by atoms with Gasteiger partial charge in [-0.3, -0.25) is 14.9 Å². The van der Waals surface area contributed by atoms with Crippen molar-refractivity contribution in [2.24, 2.45) is 4.99 Å². The van der Waals surface area contributed by atoms with E-state index in [0.717, 1.165) is 27.9 Å². The highest BCUT2D eigenvalue weighted by Crippen LogP contribution is 2.25. The van der Waals surface area contributed by atoms with Crippen molar-refractivity contribution in [3.8, 4) is 16.4 Å². The lowest BCUT2D eigenvalue weighted by Crippen LogP contribution is -2.17. The molecule has 2 aromatic carbocycles. The van der Waals surface area contributed by atoms with Crippen molar-refractivity contribution < 1.29 is 0 Å². The molecule has 4 rings (SSSR count). The van der Waals surface area contributed by atoms with E-state index < -0.39 is 0 Å². The maximum Gasteiger partial charge on any atom is 0.282 e. The molecule has 0 aliphatic heterocycles. The second-order valence-electron chi connectivity index (χ2n) is 6.41. The molecular formula is C21H20N4OS. The number of aromatic amines is 1. The van der Waals surface area contributed by atoms with Gasteiger partial charge in [-0.05, 0) is 25.5 Å². The number of benzene rings is 2. The summed E-state index contributed by atoms with van der Waals surface area (Å²) in [4.78, 5) is 22.3. The summed E-state index contributed by atoms with van der Waals surface area (Å²) in [5, 5.41) is 3.87. The lowest BCUT2D eigenvalue weighted by atomic mass is 10.1. The third kappa shape index (κ3) is 3.36. The molecule has 0 bridgehead atoms. The van der Waals surface area contributed by atoms with E-state index in [0.29, 0.717) is 10.7 Å². The van der Waals surface area contributed by atoms with Gasteiger partial charge in [0, 0.05) is 17.8 Å². The van der Waals surface area contributed by atoms with E-state index in [2.05, 4.69) is 22.0 Å². The number of aromatic nitrogens is 3. The van der Waals surface area contributed by atoms with Gasteiger partial charge in [0.25, 0.3) is 5.56 Å². The lowest BCUT2D eigenvalue weighted by molar-refractivity contribution is 0.720. The van der Waals surface area contributed by atoms with Gasteiger partial charge in [-0.15, -0.1) is 0 Å². The number of aliphatic imine (C=N–C) groups is 1. The first-order valence-corrected chi connectivity index (χ1v) is 9.78. The first kappa shape index (κ1) is 17.4. The minimum Gasteiger partial charge on any atom is -0.289 e. The summed E-state index contributed by atoms with van der Waals surface area (Å²) in [5.41, 5.74) is 3.00. The van der Waals surface area contributed by atoms with Crippen LogP contribution in [0.25, 0.3) is 26.6 Å². The van der Waals surface area contributed by atoms with E-state index in [1.165, 1.54) is 16.0 Å². The molecular weight excluding hydrogens is 356 g/mol. The topological polar surface area (TPSA) is 63.0 Å². The lowest BCUT2D eigenvalue weighted by Gasteiger charge is -2.01. The molecule has 6 heteroatoms. The number of rotatable bonds is 5. The van der Waals surface area contributed by atoms with Gasteiger partial charge in [-0.2, -0.15) is 4.68 Å². The summed E-state index contributed by atoms with van der Waals surface area (Å²) in [6.45, 7) is 4.12. The fraction of sp³-hybridized carbons (Fsp3) is 0.190. The summed E-state index contributed by atoms with van der Waals surface area (Å²) >= 11 is 1.49. The monoisotopic (exact) mass is 376 g/mol. The number of H-pyrrole nitrogens is 1. The fourth-order valence-electron chi connectivity index (χ4n) is 2.79. The highest BCUT2D eigenvalue weighted by atomic mass is 32.1. The predicted octanol–water partition coefficient (Wildman–Crippen LogP) is 4.66. The van der Waals surface area contributed by atoms with Crippen molar-refractivity contribution in [1.82, 2.24) is 14.8 Å². The van der Waals surface area contributed by atoms with Gasteiger partial charge in [0.1, 0.15) is 0 Å². The Hall–Kier alpha value is -2.99. The van der Waals surface area contributed by atoms with Crippen molar-refractivity contribution >= 4 is 27.8 Å². The van der Waals surface area contributed by atoms with E-state index in [1.54, 1.807) is 6.21 Å². The number of nitrogens with zero attached hydrogens (tertiary/aromatic N) is 3. The first-order chi connectivity index (χ1) is 13.2. The van der Waals surface area contributed by atoms with Crippen LogP contribution in [0.4, 0.5) is 0 Å². The third-order valence-corrected chi connectivity index (χ3v) is 5.53. The Morgan fingerprint density at radius 2 is 1.93 bits per heavy atom. The number of para-hydroxylation sites is 1. The Labute approximate surface area is 161 Å². The van der Waals surface area contributed by atoms with Crippen LogP contribution in [0.2, 0.25) is 0 Å². The highest BCUT2D eigenvalue weighted by molar-refractivity contribution is 7.20. The molecule has 1 N–H and O–H groups in total. The molecule has 0 fully saturated rings. The van der Waals surface area contributed by atoms with Gasteiger partial charge < -0.3 is 0 Å². The fourth-order valence-corrected chi connectivity index (χ4v) is 3.72. The van der Waals surface area contributed by atoms with E-state index in [1.807, 2.05) is 61.5 Å². The van der Waals surface area contributed by atoms with Crippen LogP contribution < -0.4 is 5.56 Å². The molecule has 0 saturated heterocycles. The Bertz CT molecular complexity index is 1120. The minimum absolute atomic E-state index is 0.139. The number of nitrogens with one attached hydrogen (secondary N) is 1. The van der Waals surface area contributed by atoms with E-state index in [-0.39, 0.29) is 11.6 Å². The number of hydrogen-bond acceptors (Lipinski definition) is 4. The SMILES string of the molecule is CCC(C)N=Cc1c(-c2ccccc2)[nH]n(-c2nc3ccccc3s2)c1=O. The largest absolute Gasteiger partial charge is 0.289 e. The molecule has 0 amide bonds. The molecule has 0 spiro atoms. The quantitative estimate of drug-likeness (QED) is 0.515. The molecule has 0 aliphatic rings. The third-order valence-electron chi connectivity index (χ3n) is 4.51. The molecule has 27 heavy (non-hydrogen) atoms. The van der Waals surface area contributed by atoms with Gasteiger partial charge in [-0.1, -0.05) is 60.7 Å². The van der Waals surface area contributed by atoms with Crippen molar-refractivity contribution in [2.75, 3.05) is 0 Å². The summed E-state index contributed by atoms with van der Waals surface area (Å²) in [5.74, 6) is 0. The average molecular weight is 376 g/mol. The summed E-state index contributed by atoms with van der Waals surface area (Å²) in [6, 6.07) is 17.9. The van der Waals surface area contributed by atoms with E-state index in [9.17, 15) is 4.79 Å². The number of hydrogen-bond donors (Lipinski definition) is 1. The van der Waals surface area contributed by atoms with Gasteiger partial charge in [-0.25, -0.2) is 4.98 Å². The molecule has 1 unspecified atom stereocenters. The Kier molecular flexibility index (Phi) is 4.73. The molecule has 4 aromatic rings. The van der Waals surface area contributed by atoms with E-state index >= 15 is 0 Å². The molecule has 0 radical (unpaired) electrons. The van der Waals surface area contributed by atoms with Crippen molar-refractivity contribution in [1.29, 1.82) is 0 Å². The summed E-state index contributed by atoms with van der Waals surface area (Å²) in [7, 11) is 0. The van der Waals surface area contributed by atoms with Crippen molar-refractivity contribution in [3.63, 3.8) is 0 Å². The zero-order chi connectivity index (χ0) is 18.8. The first-order valence-electron chi connectivity index (χ1n) is 8.97. The molecule has 2 aromatic heterocycles. The highest BCUT2D eigenvalue weighted by Gasteiger charge is 2.17. The van der Waals surface area contributed by atoms with Crippen LogP contribution in [0.1, 0.15) is 25.8 Å². The molecule has 0 aliphatic carbocycles. The van der Waals surface area contributed by atoms with Gasteiger partial charge in [0.05, 0.1) is 21.5 Å². The van der Waals surface area contributed by atoms with Crippen LogP contribution >= 0.6 is 11.3 Å². The van der Waals surface area contributed by atoms with Crippen LogP contribution in [0.3, 0.4) is 0 Å². The maximum absolute atomic E-state index is 13.1. The standard InChI is InChI=1S/C21H20N4OS/c1-3-14(2)22-13-16-19(15-9-5-4-6-10-15)24-25(20(16)26)21-23-17-11-7-8-12-18(17)27-21/h4-14,24H,3H2,1-2H3. The van der Waals surface area contributed by atoms with Gasteiger partial charge >= 0.3 is 0 Å². The number of thiazole rings is 1. The smallest absolute Gasteiger partial charge is 0.282 e. The van der Waals surface area contributed by atoms with Crippen LogP contribution in [0, 0.1) is 0 Å². The summed E-state index contributed by atoms with van der Waals surface area (Å²) < 4.78 is 2.57. The minimum atomic E-state index is -0.139. The van der Waals surface area contributed by atoms with Crippen LogP contribution in [-0.4, -0.2) is 27.0 Å². The Balaban J connectivity index is 1.89. The van der Waals surface area contributed by atoms with Crippen molar-refractivity contribution in [3.05, 3.63) is 70.5 Å². The molecule has 2 heterocycles.